The monoisotopic (exact) mass is 485 g/mol. The second kappa shape index (κ2) is 11.8. The summed E-state index contributed by atoms with van der Waals surface area (Å²) in [4.78, 5) is 30.3. The summed E-state index contributed by atoms with van der Waals surface area (Å²) in [5.41, 5.74) is 3.07. The van der Waals surface area contributed by atoms with Crippen LogP contribution in [0, 0.1) is 0 Å². The first-order valence-electron chi connectivity index (χ1n) is 11.6. The van der Waals surface area contributed by atoms with E-state index in [4.69, 9.17) is 14.3 Å². The Morgan fingerprint density at radius 1 is 0.944 bits per heavy atom. The maximum atomic E-state index is 13.2. The molecular weight excluding hydrogens is 458 g/mol. The fourth-order valence-corrected chi connectivity index (χ4v) is 3.87. The van der Waals surface area contributed by atoms with E-state index < -0.39 is 18.0 Å². The van der Waals surface area contributed by atoms with Crippen molar-refractivity contribution in [2.45, 2.75) is 25.4 Å². The van der Waals surface area contributed by atoms with Crippen LogP contribution in [0.3, 0.4) is 0 Å². The Morgan fingerprint density at radius 2 is 1.64 bits per heavy atom. The average molecular weight is 486 g/mol. The first-order chi connectivity index (χ1) is 17.6. The quantitative estimate of drug-likeness (QED) is 0.312. The van der Waals surface area contributed by atoms with E-state index in [1.807, 2.05) is 73.7 Å². The number of oxime groups is 1. The van der Waals surface area contributed by atoms with Gasteiger partial charge in [-0.3, -0.25) is 0 Å². The summed E-state index contributed by atoms with van der Waals surface area (Å²) in [7, 11) is 1.30. The first kappa shape index (κ1) is 24.7. The van der Waals surface area contributed by atoms with Crippen LogP contribution in [0.2, 0.25) is 0 Å². The molecule has 7 nitrogen and oxygen atoms in total. The summed E-state index contributed by atoms with van der Waals surface area (Å²) >= 11 is 0. The van der Waals surface area contributed by atoms with Gasteiger partial charge in [0, 0.05) is 5.57 Å². The summed E-state index contributed by atoms with van der Waals surface area (Å²) in [6.45, 7) is 1.68. The van der Waals surface area contributed by atoms with Crippen molar-refractivity contribution < 1.29 is 28.6 Å². The van der Waals surface area contributed by atoms with Crippen molar-refractivity contribution in [1.82, 2.24) is 0 Å². The molecule has 0 aliphatic carbocycles. The molecule has 36 heavy (non-hydrogen) atoms. The number of hydrogen-bond acceptors (Lipinski definition) is 7. The Kier molecular flexibility index (Phi) is 8.13. The molecule has 1 aliphatic heterocycles. The predicted octanol–water partition coefficient (Wildman–Crippen LogP) is 5.44. The van der Waals surface area contributed by atoms with Gasteiger partial charge in [-0.05, 0) is 41.3 Å². The molecule has 2 unspecified atom stereocenters. The highest BCUT2D eigenvalue weighted by molar-refractivity contribution is 6.02. The van der Waals surface area contributed by atoms with E-state index in [9.17, 15) is 9.59 Å². The van der Waals surface area contributed by atoms with Crippen molar-refractivity contribution in [2.75, 3.05) is 13.7 Å². The van der Waals surface area contributed by atoms with E-state index in [-0.39, 0.29) is 18.4 Å². The number of carbonyl (C=O) groups excluding carboxylic acids is 2. The lowest BCUT2D eigenvalue weighted by atomic mass is 9.89. The summed E-state index contributed by atoms with van der Waals surface area (Å²) in [5, 5.41) is 4.16. The van der Waals surface area contributed by atoms with Gasteiger partial charge in [0.1, 0.15) is 11.7 Å². The van der Waals surface area contributed by atoms with Gasteiger partial charge in [0.25, 0.3) is 0 Å². The molecule has 0 aromatic heterocycles. The van der Waals surface area contributed by atoms with Gasteiger partial charge in [-0.15, -0.1) is 0 Å². The van der Waals surface area contributed by atoms with Crippen LogP contribution in [0.5, 0.6) is 5.75 Å². The summed E-state index contributed by atoms with van der Waals surface area (Å²) in [6, 6.07) is 26.5. The van der Waals surface area contributed by atoms with E-state index in [1.165, 1.54) is 7.11 Å². The Labute approximate surface area is 209 Å². The topological polar surface area (TPSA) is 83.4 Å². The number of benzene rings is 3. The number of nitrogens with zero attached hydrogens (tertiary/aromatic N) is 1. The van der Waals surface area contributed by atoms with Crippen LogP contribution < -0.4 is 4.74 Å². The van der Waals surface area contributed by atoms with E-state index in [0.29, 0.717) is 17.7 Å². The molecule has 0 spiro atoms. The van der Waals surface area contributed by atoms with Gasteiger partial charge in [0.2, 0.25) is 5.90 Å². The van der Waals surface area contributed by atoms with Crippen molar-refractivity contribution in [3.63, 3.8) is 0 Å². The molecule has 0 N–H and O–H groups in total. The van der Waals surface area contributed by atoms with Crippen LogP contribution in [0.4, 0.5) is 0 Å². The van der Waals surface area contributed by atoms with Crippen molar-refractivity contribution in [1.29, 1.82) is 0 Å². The molecule has 0 fully saturated rings. The second-order valence-electron chi connectivity index (χ2n) is 8.10. The molecule has 4 rings (SSSR count). The van der Waals surface area contributed by atoms with Gasteiger partial charge in [-0.2, -0.15) is 0 Å². The molecular formula is C29H27NO6. The first-order valence-corrected chi connectivity index (χ1v) is 11.6. The van der Waals surface area contributed by atoms with Crippen LogP contribution in [0.1, 0.15) is 42.1 Å². The van der Waals surface area contributed by atoms with E-state index in [2.05, 4.69) is 9.89 Å². The number of hydrogen-bond donors (Lipinski definition) is 0. The lowest BCUT2D eigenvalue weighted by molar-refractivity contribution is -0.143. The van der Waals surface area contributed by atoms with Gasteiger partial charge >= 0.3 is 11.9 Å². The molecule has 0 saturated carbocycles. The van der Waals surface area contributed by atoms with Crippen molar-refractivity contribution >= 4 is 23.9 Å². The number of rotatable bonds is 8. The van der Waals surface area contributed by atoms with Crippen LogP contribution >= 0.6 is 0 Å². The maximum Gasteiger partial charge on any atom is 0.343 e. The average Bonchev–Trinajstić information content (AvgIpc) is 3.34. The summed E-state index contributed by atoms with van der Waals surface area (Å²) < 4.78 is 15.8. The molecule has 3 aromatic rings. The fourth-order valence-electron chi connectivity index (χ4n) is 3.87. The van der Waals surface area contributed by atoms with E-state index in [1.54, 1.807) is 24.3 Å². The maximum absolute atomic E-state index is 13.2. The Morgan fingerprint density at radius 3 is 2.31 bits per heavy atom. The Balaban J connectivity index is 1.53. The summed E-state index contributed by atoms with van der Waals surface area (Å²) in [5.74, 6) is -0.646. The lowest BCUT2D eigenvalue weighted by Crippen LogP contribution is -2.21. The Bertz CT molecular complexity index is 1250. The standard InChI is InChI=1S/C29H27NO6/c1-3-21(17-20-11-10-16-24(18-20)34-19-25(31)33-2)29(32)35-28-26(22-12-6-4-7-13-22)27(36-30-28)23-14-8-5-9-15-23/h4-18,26-27H,3,19H2,1-2H3/b21-17-. The fraction of sp³-hybridized carbons (Fsp3) is 0.207. The number of esters is 2. The highest BCUT2D eigenvalue weighted by atomic mass is 16.7. The molecule has 3 aromatic carbocycles. The van der Waals surface area contributed by atoms with Gasteiger partial charge in [-0.1, -0.05) is 84.9 Å². The molecule has 0 radical (unpaired) electrons. The lowest BCUT2D eigenvalue weighted by Gasteiger charge is -2.19. The third-order valence-electron chi connectivity index (χ3n) is 5.74. The molecule has 0 amide bonds. The molecule has 1 heterocycles. The molecule has 1 aliphatic rings. The normalized spacial score (nSPS) is 17.1. The van der Waals surface area contributed by atoms with Crippen LogP contribution in [0.25, 0.3) is 6.08 Å². The van der Waals surface area contributed by atoms with Crippen LogP contribution in [-0.2, 0) is 23.9 Å². The zero-order chi connectivity index (χ0) is 25.3. The van der Waals surface area contributed by atoms with Gasteiger partial charge in [-0.25, -0.2) is 9.59 Å². The minimum atomic E-state index is -0.504. The van der Waals surface area contributed by atoms with Gasteiger partial charge in [0.05, 0.1) is 7.11 Å². The molecule has 2 atom stereocenters. The largest absolute Gasteiger partial charge is 0.482 e. The third kappa shape index (κ3) is 5.99. The van der Waals surface area contributed by atoms with E-state index in [0.717, 1.165) is 16.7 Å². The Hall–Kier alpha value is -4.39. The summed E-state index contributed by atoms with van der Waals surface area (Å²) in [6.07, 6.45) is 1.77. The van der Waals surface area contributed by atoms with Crippen molar-refractivity contribution in [2.24, 2.45) is 5.16 Å². The third-order valence-corrected chi connectivity index (χ3v) is 5.74. The SMILES string of the molecule is CC/C(=C/c1cccc(OCC(=O)OC)c1)C(=O)OC1=NOC(c2ccccc2)C1c1ccccc1. The second-order valence-corrected chi connectivity index (χ2v) is 8.10. The highest BCUT2D eigenvalue weighted by Crippen LogP contribution is 2.40. The van der Waals surface area contributed by atoms with Gasteiger partial charge < -0.3 is 19.0 Å². The van der Waals surface area contributed by atoms with E-state index >= 15 is 0 Å². The smallest absolute Gasteiger partial charge is 0.343 e. The highest BCUT2D eigenvalue weighted by Gasteiger charge is 2.39. The zero-order valence-corrected chi connectivity index (χ0v) is 20.1. The van der Waals surface area contributed by atoms with Crippen LogP contribution in [-0.4, -0.2) is 31.6 Å². The molecule has 7 heteroatoms. The molecule has 0 saturated heterocycles. The predicted molar refractivity (Wildman–Crippen MR) is 135 cm³/mol. The number of methoxy groups -OCH3 is 1. The molecule has 184 valence electrons. The van der Waals surface area contributed by atoms with Gasteiger partial charge in [0.15, 0.2) is 12.7 Å². The zero-order valence-electron chi connectivity index (χ0n) is 20.1. The minimum absolute atomic E-state index is 0.199. The minimum Gasteiger partial charge on any atom is -0.482 e. The number of carbonyl (C=O) groups is 2. The van der Waals surface area contributed by atoms with Crippen molar-refractivity contribution in [3.8, 4) is 5.75 Å². The number of ether oxygens (including phenoxy) is 3. The van der Waals surface area contributed by atoms with Crippen molar-refractivity contribution in [3.05, 3.63) is 107 Å². The molecule has 0 bridgehead atoms. The van der Waals surface area contributed by atoms with Crippen LogP contribution in [0.15, 0.2) is 95.7 Å².